The van der Waals surface area contributed by atoms with Crippen LogP contribution in [0.3, 0.4) is 0 Å². The van der Waals surface area contributed by atoms with Crippen molar-refractivity contribution in [1.29, 1.82) is 5.26 Å². The third-order valence-corrected chi connectivity index (χ3v) is 2.56. The average molecular weight is 222 g/mol. The van der Waals surface area contributed by atoms with E-state index >= 15 is 0 Å². The van der Waals surface area contributed by atoms with Gasteiger partial charge in [0.25, 0.3) is 0 Å². The van der Waals surface area contributed by atoms with Crippen LogP contribution >= 0.6 is 0 Å². The first-order chi connectivity index (χ1) is 7.65. The minimum absolute atomic E-state index is 0.0137. The van der Waals surface area contributed by atoms with Gasteiger partial charge in [0.1, 0.15) is 18.1 Å². The van der Waals surface area contributed by atoms with E-state index in [1.807, 2.05) is 0 Å². The van der Waals surface area contributed by atoms with E-state index in [4.69, 9.17) is 5.26 Å². The topological polar surface area (TPSA) is 44.1 Å². The Morgan fingerprint density at radius 1 is 1.44 bits per heavy atom. The maximum Gasteiger partial charge on any atom is 0.241 e. The molecule has 0 saturated heterocycles. The molecule has 5 heteroatoms. The molecule has 0 spiro atoms. The van der Waals surface area contributed by atoms with Crippen molar-refractivity contribution in [2.24, 2.45) is 0 Å². The molecule has 0 saturated carbocycles. The van der Waals surface area contributed by atoms with Crippen LogP contribution in [-0.4, -0.2) is 12.5 Å². The second-order valence-corrected chi connectivity index (χ2v) is 3.49. The van der Waals surface area contributed by atoms with Crippen LogP contribution in [0.2, 0.25) is 0 Å². The minimum Gasteiger partial charge on any atom is -0.308 e. The maximum atomic E-state index is 13.5. The second kappa shape index (κ2) is 3.89. The monoisotopic (exact) mass is 222 g/mol. The molecule has 0 aromatic heterocycles. The SMILES string of the molecule is N#CCC(=O)N1CCc2c(F)ccc(F)c21. The number of nitriles is 1. The van der Waals surface area contributed by atoms with Crippen LogP contribution in [0, 0.1) is 23.0 Å². The molecule has 0 aliphatic carbocycles. The summed E-state index contributed by atoms with van der Waals surface area (Å²) in [7, 11) is 0. The number of carbonyl (C=O) groups is 1. The van der Waals surface area contributed by atoms with Crippen LogP contribution < -0.4 is 4.90 Å². The first-order valence-corrected chi connectivity index (χ1v) is 4.79. The normalized spacial score (nSPS) is 13.4. The lowest BCUT2D eigenvalue weighted by atomic mass is 10.1. The van der Waals surface area contributed by atoms with E-state index in [-0.39, 0.29) is 30.6 Å². The van der Waals surface area contributed by atoms with Gasteiger partial charge in [0, 0.05) is 12.1 Å². The Bertz CT molecular complexity index is 493. The van der Waals surface area contributed by atoms with Crippen molar-refractivity contribution in [1.82, 2.24) is 0 Å². The van der Waals surface area contributed by atoms with E-state index in [9.17, 15) is 13.6 Å². The fraction of sp³-hybridized carbons (Fsp3) is 0.273. The number of nitrogens with zero attached hydrogens (tertiary/aromatic N) is 2. The summed E-state index contributed by atoms with van der Waals surface area (Å²) in [4.78, 5) is 12.6. The Hall–Kier alpha value is -1.96. The summed E-state index contributed by atoms with van der Waals surface area (Å²) in [5.74, 6) is -1.63. The number of fused-ring (bicyclic) bond motifs is 1. The minimum atomic E-state index is -0.625. The van der Waals surface area contributed by atoms with Crippen LogP contribution in [0.5, 0.6) is 0 Å². The molecule has 1 aliphatic heterocycles. The van der Waals surface area contributed by atoms with Gasteiger partial charge in [-0.2, -0.15) is 5.26 Å². The number of anilines is 1. The van der Waals surface area contributed by atoms with Crippen LogP contribution in [0.15, 0.2) is 12.1 Å². The van der Waals surface area contributed by atoms with Gasteiger partial charge >= 0.3 is 0 Å². The Morgan fingerprint density at radius 3 is 2.81 bits per heavy atom. The molecule has 82 valence electrons. The zero-order valence-corrected chi connectivity index (χ0v) is 8.33. The molecule has 1 aromatic carbocycles. The molecule has 0 radical (unpaired) electrons. The van der Waals surface area contributed by atoms with Gasteiger partial charge in [-0.3, -0.25) is 4.79 Å². The molecule has 1 aliphatic rings. The highest BCUT2D eigenvalue weighted by Gasteiger charge is 2.29. The lowest BCUT2D eigenvalue weighted by Gasteiger charge is -2.16. The summed E-state index contributed by atoms with van der Waals surface area (Å²) < 4.78 is 26.8. The van der Waals surface area contributed by atoms with E-state index in [2.05, 4.69) is 0 Å². The standard InChI is InChI=1S/C11H8F2N2O/c12-8-1-2-9(13)11-7(8)4-6-15(11)10(16)3-5-14/h1-2H,3-4,6H2. The summed E-state index contributed by atoms with van der Waals surface area (Å²) in [6.45, 7) is 0.230. The molecular formula is C11H8F2N2O. The Labute approximate surface area is 90.9 Å². The van der Waals surface area contributed by atoms with Crippen LogP contribution in [0.1, 0.15) is 12.0 Å². The molecule has 2 rings (SSSR count). The van der Waals surface area contributed by atoms with Crippen molar-refractivity contribution in [2.75, 3.05) is 11.4 Å². The van der Waals surface area contributed by atoms with Crippen molar-refractivity contribution < 1.29 is 13.6 Å². The van der Waals surface area contributed by atoms with E-state index in [1.54, 1.807) is 6.07 Å². The first kappa shape index (κ1) is 10.6. The van der Waals surface area contributed by atoms with Crippen molar-refractivity contribution in [3.63, 3.8) is 0 Å². The van der Waals surface area contributed by atoms with Crippen molar-refractivity contribution in [3.8, 4) is 6.07 Å². The maximum absolute atomic E-state index is 13.5. The van der Waals surface area contributed by atoms with Gasteiger partial charge in [0.15, 0.2) is 0 Å². The summed E-state index contributed by atoms with van der Waals surface area (Å²) in [6, 6.07) is 3.74. The molecule has 1 amide bonds. The highest BCUT2D eigenvalue weighted by atomic mass is 19.1. The zero-order chi connectivity index (χ0) is 11.7. The lowest BCUT2D eigenvalue weighted by molar-refractivity contribution is -0.117. The molecule has 1 heterocycles. The zero-order valence-electron chi connectivity index (χ0n) is 8.33. The summed E-state index contributed by atoms with van der Waals surface area (Å²) in [6.07, 6.45) is -0.0362. The van der Waals surface area contributed by atoms with Gasteiger partial charge in [-0.1, -0.05) is 0 Å². The number of rotatable bonds is 1. The van der Waals surface area contributed by atoms with E-state index in [1.165, 1.54) is 0 Å². The van der Waals surface area contributed by atoms with Gasteiger partial charge in [0.2, 0.25) is 5.91 Å². The molecule has 0 atom stereocenters. The number of amides is 1. The Morgan fingerprint density at radius 2 is 2.12 bits per heavy atom. The smallest absolute Gasteiger partial charge is 0.241 e. The van der Waals surface area contributed by atoms with Gasteiger partial charge < -0.3 is 4.90 Å². The number of carbonyl (C=O) groups excluding carboxylic acids is 1. The Balaban J connectivity index is 2.43. The summed E-state index contributed by atoms with van der Waals surface area (Å²) in [5.41, 5.74) is 0.200. The molecule has 0 bridgehead atoms. The predicted molar refractivity (Wildman–Crippen MR) is 52.6 cm³/mol. The van der Waals surface area contributed by atoms with Crippen molar-refractivity contribution in [2.45, 2.75) is 12.8 Å². The van der Waals surface area contributed by atoms with Crippen molar-refractivity contribution >= 4 is 11.6 Å². The second-order valence-electron chi connectivity index (χ2n) is 3.49. The van der Waals surface area contributed by atoms with Gasteiger partial charge in [-0.05, 0) is 18.6 Å². The third-order valence-electron chi connectivity index (χ3n) is 2.56. The van der Waals surface area contributed by atoms with Gasteiger partial charge in [-0.15, -0.1) is 0 Å². The lowest BCUT2D eigenvalue weighted by Crippen LogP contribution is -2.28. The van der Waals surface area contributed by atoms with Crippen LogP contribution in [0.4, 0.5) is 14.5 Å². The fourth-order valence-electron chi connectivity index (χ4n) is 1.86. The molecule has 16 heavy (non-hydrogen) atoms. The molecule has 0 unspecified atom stereocenters. The highest BCUT2D eigenvalue weighted by Crippen LogP contribution is 2.33. The number of benzene rings is 1. The molecular weight excluding hydrogens is 214 g/mol. The van der Waals surface area contributed by atoms with Crippen LogP contribution in [0.25, 0.3) is 0 Å². The number of halogens is 2. The van der Waals surface area contributed by atoms with E-state index < -0.39 is 17.5 Å². The van der Waals surface area contributed by atoms with Gasteiger partial charge in [0.05, 0.1) is 11.8 Å². The van der Waals surface area contributed by atoms with Crippen LogP contribution in [-0.2, 0) is 11.2 Å². The van der Waals surface area contributed by atoms with Gasteiger partial charge in [-0.25, -0.2) is 8.78 Å². The highest BCUT2D eigenvalue weighted by molar-refractivity contribution is 5.96. The number of hydrogen-bond donors (Lipinski definition) is 0. The third kappa shape index (κ3) is 1.52. The summed E-state index contributed by atoms with van der Waals surface area (Å²) in [5, 5.41) is 8.40. The number of hydrogen-bond acceptors (Lipinski definition) is 2. The molecule has 1 aromatic rings. The molecule has 0 fully saturated rings. The largest absolute Gasteiger partial charge is 0.308 e. The fourth-order valence-corrected chi connectivity index (χ4v) is 1.86. The molecule has 3 nitrogen and oxygen atoms in total. The quantitative estimate of drug-likeness (QED) is 0.726. The van der Waals surface area contributed by atoms with Crippen molar-refractivity contribution in [3.05, 3.63) is 29.3 Å². The van der Waals surface area contributed by atoms with E-state index in [0.717, 1.165) is 17.0 Å². The average Bonchev–Trinajstić information content (AvgIpc) is 2.69. The molecule has 0 N–H and O–H groups in total. The predicted octanol–water partition coefficient (Wildman–Crippen LogP) is 1.77. The van der Waals surface area contributed by atoms with E-state index in [0.29, 0.717) is 0 Å². The Kier molecular flexibility index (Phi) is 2.57. The first-order valence-electron chi connectivity index (χ1n) is 4.79. The summed E-state index contributed by atoms with van der Waals surface area (Å²) >= 11 is 0.